The number of anilines is 1. The Hall–Kier alpha value is -1.65. The zero-order valence-corrected chi connectivity index (χ0v) is 12.0. The zero-order chi connectivity index (χ0) is 13.1. The van der Waals surface area contributed by atoms with Crippen molar-refractivity contribution in [1.82, 2.24) is 10.3 Å². The molecule has 0 atom stereocenters. The summed E-state index contributed by atoms with van der Waals surface area (Å²) in [5.74, 6) is 0.222. The number of pyridine rings is 1. The monoisotopic (exact) mass is 291 g/mol. The molecule has 0 unspecified atom stereocenters. The molecule has 1 fully saturated rings. The fourth-order valence-corrected chi connectivity index (χ4v) is 2.52. The van der Waals surface area contributed by atoms with Crippen molar-refractivity contribution in [3.05, 3.63) is 36.5 Å². The third-order valence-electron chi connectivity index (χ3n) is 3.60. The summed E-state index contributed by atoms with van der Waals surface area (Å²) in [4.78, 5) is 16.6. The molecular formula is C15H18ClN3O. The summed E-state index contributed by atoms with van der Waals surface area (Å²) in [7, 11) is 0. The van der Waals surface area contributed by atoms with Gasteiger partial charge in [-0.05, 0) is 38.1 Å². The summed E-state index contributed by atoms with van der Waals surface area (Å²) in [6.07, 6.45) is 3.57. The predicted octanol–water partition coefficient (Wildman–Crippen LogP) is 2.59. The van der Waals surface area contributed by atoms with Gasteiger partial charge in [-0.3, -0.25) is 9.78 Å². The number of para-hydroxylation sites is 1. The smallest absolute Gasteiger partial charge is 0.227 e. The van der Waals surface area contributed by atoms with Gasteiger partial charge in [0.15, 0.2) is 0 Å². The molecule has 5 heteroatoms. The van der Waals surface area contributed by atoms with Crippen molar-refractivity contribution in [2.75, 3.05) is 18.4 Å². The molecule has 106 valence electrons. The van der Waals surface area contributed by atoms with Crippen LogP contribution in [-0.2, 0) is 4.79 Å². The van der Waals surface area contributed by atoms with Gasteiger partial charge < -0.3 is 10.6 Å². The molecule has 1 saturated heterocycles. The Morgan fingerprint density at radius 2 is 1.95 bits per heavy atom. The summed E-state index contributed by atoms with van der Waals surface area (Å²) in [5.41, 5.74) is 1.66. The standard InChI is InChI=1S/C15H17N3O.ClH/c19-15(12-6-9-16-10-7-12)18-13-5-1-3-11-4-2-8-17-14(11)13;/h1-5,8,12,16H,6-7,9-10H2,(H,18,19);1H. The number of carbonyl (C=O) groups excluding carboxylic acids is 1. The second-order valence-electron chi connectivity index (χ2n) is 4.89. The van der Waals surface area contributed by atoms with Gasteiger partial charge in [-0.15, -0.1) is 12.4 Å². The van der Waals surface area contributed by atoms with Crippen LogP contribution in [0.4, 0.5) is 5.69 Å². The molecule has 1 aliphatic rings. The van der Waals surface area contributed by atoms with Crippen LogP contribution >= 0.6 is 12.4 Å². The minimum atomic E-state index is 0. The van der Waals surface area contributed by atoms with E-state index in [4.69, 9.17) is 0 Å². The second kappa shape index (κ2) is 6.68. The number of hydrogen-bond donors (Lipinski definition) is 2. The number of amides is 1. The van der Waals surface area contributed by atoms with E-state index >= 15 is 0 Å². The highest BCUT2D eigenvalue weighted by Gasteiger charge is 2.21. The van der Waals surface area contributed by atoms with Crippen LogP contribution < -0.4 is 10.6 Å². The lowest BCUT2D eigenvalue weighted by Gasteiger charge is -2.22. The Morgan fingerprint density at radius 3 is 2.75 bits per heavy atom. The number of carbonyl (C=O) groups is 1. The Morgan fingerprint density at radius 1 is 1.20 bits per heavy atom. The number of aromatic nitrogens is 1. The third kappa shape index (κ3) is 3.08. The SMILES string of the molecule is Cl.O=C(Nc1cccc2cccnc12)C1CCNCC1. The van der Waals surface area contributed by atoms with E-state index in [0.717, 1.165) is 42.5 Å². The largest absolute Gasteiger partial charge is 0.324 e. The van der Waals surface area contributed by atoms with E-state index in [2.05, 4.69) is 15.6 Å². The lowest BCUT2D eigenvalue weighted by molar-refractivity contribution is -0.120. The Balaban J connectivity index is 0.00000147. The average Bonchev–Trinajstić information content (AvgIpc) is 2.48. The molecule has 2 aromatic rings. The molecule has 0 saturated carbocycles. The van der Waals surface area contributed by atoms with Crippen molar-refractivity contribution < 1.29 is 4.79 Å². The van der Waals surface area contributed by atoms with Crippen LogP contribution in [0.2, 0.25) is 0 Å². The van der Waals surface area contributed by atoms with Crippen molar-refractivity contribution in [2.24, 2.45) is 5.92 Å². The molecule has 0 bridgehead atoms. The Bertz CT molecular complexity index is 591. The number of benzene rings is 1. The fraction of sp³-hybridized carbons (Fsp3) is 0.333. The van der Waals surface area contributed by atoms with Crippen molar-refractivity contribution in [1.29, 1.82) is 0 Å². The van der Waals surface area contributed by atoms with Gasteiger partial charge in [0.05, 0.1) is 11.2 Å². The fourth-order valence-electron chi connectivity index (χ4n) is 2.52. The predicted molar refractivity (Wildman–Crippen MR) is 83.2 cm³/mol. The van der Waals surface area contributed by atoms with Crippen molar-refractivity contribution in [3.63, 3.8) is 0 Å². The molecule has 1 aromatic heterocycles. The highest BCUT2D eigenvalue weighted by Crippen LogP contribution is 2.22. The van der Waals surface area contributed by atoms with E-state index < -0.39 is 0 Å². The molecule has 0 radical (unpaired) electrons. The van der Waals surface area contributed by atoms with Gasteiger partial charge in [0.1, 0.15) is 0 Å². The first-order valence-electron chi connectivity index (χ1n) is 6.70. The first-order valence-corrected chi connectivity index (χ1v) is 6.70. The number of nitrogens with zero attached hydrogens (tertiary/aromatic N) is 1. The van der Waals surface area contributed by atoms with Crippen LogP contribution in [0.15, 0.2) is 36.5 Å². The molecule has 2 N–H and O–H groups in total. The number of halogens is 1. The van der Waals surface area contributed by atoms with Crippen LogP contribution in [0.3, 0.4) is 0 Å². The van der Waals surface area contributed by atoms with Crippen LogP contribution in [0.25, 0.3) is 10.9 Å². The summed E-state index contributed by atoms with van der Waals surface area (Å²) in [6, 6.07) is 9.77. The van der Waals surface area contributed by atoms with Crippen molar-refractivity contribution in [2.45, 2.75) is 12.8 Å². The van der Waals surface area contributed by atoms with Crippen LogP contribution in [0.5, 0.6) is 0 Å². The summed E-state index contributed by atoms with van der Waals surface area (Å²) in [6.45, 7) is 1.84. The van der Waals surface area contributed by atoms with Crippen LogP contribution in [0, 0.1) is 5.92 Å². The molecule has 20 heavy (non-hydrogen) atoms. The van der Waals surface area contributed by atoms with E-state index in [1.165, 1.54) is 0 Å². The number of rotatable bonds is 2. The summed E-state index contributed by atoms with van der Waals surface area (Å²) in [5, 5.41) is 7.34. The average molecular weight is 292 g/mol. The maximum atomic E-state index is 12.2. The summed E-state index contributed by atoms with van der Waals surface area (Å²) >= 11 is 0. The highest BCUT2D eigenvalue weighted by atomic mass is 35.5. The van der Waals surface area contributed by atoms with E-state index in [9.17, 15) is 4.79 Å². The molecule has 0 aliphatic carbocycles. The van der Waals surface area contributed by atoms with E-state index in [1.807, 2.05) is 30.3 Å². The van der Waals surface area contributed by atoms with E-state index in [0.29, 0.717) is 0 Å². The van der Waals surface area contributed by atoms with Gasteiger partial charge >= 0.3 is 0 Å². The van der Waals surface area contributed by atoms with Crippen LogP contribution in [-0.4, -0.2) is 24.0 Å². The molecule has 4 nitrogen and oxygen atoms in total. The highest BCUT2D eigenvalue weighted by molar-refractivity contribution is 6.01. The quantitative estimate of drug-likeness (QED) is 0.894. The number of fused-ring (bicyclic) bond motifs is 1. The zero-order valence-electron chi connectivity index (χ0n) is 11.1. The minimum absolute atomic E-state index is 0. The van der Waals surface area contributed by atoms with Gasteiger partial charge in [0.25, 0.3) is 0 Å². The lowest BCUT2D eigenvalue weighted by atomic mass is 9.97. The van der Waals surface area contributed by atoms with Gasteiger partial charge in [0, 0.05) is 17.5 Å². The van der Waals surface area contributed by atoms with Gasteiger partial charge in [-0.1, -0.05) is 18.2 Å². The Kier molecular flexibility index (Phi) is 4.93. The lowest BCUT2D eigenvalue weighted by Crippen LogP contribution is -2.34. The van der Waals surface area contributed by atoms with Gasteiger partial charge in [-0.2, -0.15) is 0 Å². The normalized spacial score (nSPS) is 15.6. The third-order valence-corrected chi connectivity index (χ3v) is 3.60. The molecule has 0 spiro atoms. The van der Waals surface area contributed by atoms with Crippen LogP contribution in [0.1, 0.15) is 12.8 Å². The minimum Gasteiger partial charge on any atom is -0.324 e. The van der Waals surface area contributed by atoms with Gasteiger partial charge in [0.2, 0.25) is 5.91 Å². The Labute approximate surface area is 124 Å². The number of nitrogens with one attached hydrogen (secondary N) is 2. The molecular weight excluding hydrogens is 274 g/mol. The number of piperidine rings is 1. The maximum absolute atomic E-state index is 12.2. The molecule has 2 heterocycles. The molecule has 3 rings (SSSR count). The topological polar surface area (TPSA) is 54.0 Å². The summed E-state index contributed by atoms with van der Waals surface area (Å²) < 4.78 is 0. The first-order chi connectivity index (χ1) is 9.34. The van der Waals surface area contributed by atoms with Crippen molar-refractivity contribution >= 4 is 34.9 Å². The molecule has 1 aliphatic heterocycles. The maximum Gasteiger partial charge on any atom is 0.227 e. The number of hydrogen-bond acceptors (Lipinski definition) is 3. The first kappa shape index (κ1) is 14.8. The van der Waals surface area contributed by atoms with Crippen molar-refractivity contribution in [3.8, 4) is 0 Å². The van der Waals surface area contributed by atoms with Gasteiger partial charge in [-0.25, -0.2) is 0 Å². The molecule has 1 aromatic carbocycles. The molecule has 1 amide bonds. The second-order valence-corrected chi connectivity index (χ2v) is 4.89. The van der Waals surface area contributed by atoms with E-state index in [1.54, 1.807) is 6.20 Å². The van der Waals surface area contributed by atoms with E-state index in [-0.39, 0.29) is 24.2 Å².